The first-order valence-corrected chi connectivity index (χ1v) is 12.2. The lowest BCUT2D eigenvalue weighted by Gasteiger charge is -2.62. The fraction of sp³-hybridized carbons (Fsp3) is 0.462. The zero-order valence-corrected chi connectivity index (χ0v) is 19.8. The average Bonchev–Trinajstić information content (AvgIpc) is 2.85. The standard InChI is InChI=1S/C26H28N4O6/c31-23(19-3-1-5-21(8-19)29(33)34)27-15-25-10-17-7-18(11-25)13-26(12-17,14-25)16-28-24(32)20-4-2-6-22(9-20)30(35)36/h1-6,8-9,17-18H,7,10-16H2,(H,27,31)(H,28,32). The molecule has 2 amide bonds. The Morgan fingerprint density at radius 3 is 1.58 bits per heavy atom. The summed E-state index contributed by atoms with van der Waals surface area (Å²) >= 11 is 0. The van der Waals surface area contributed by atoms with E-state index in [1.807, 2.05) is 0 Å². The predicted molar refractivity (Wildman–Crippen MR) is 130 cm³/mol. The molecule has 10 nitrogen and oxygen atoms in total. The van der Waals surface area contributed by atoms with Gasteiger partial charge in [-0.1, -0.05) is 12.1 Å². The van der Waals surface area contributed by atoms with E-state index in [9.17, 15) is 29.8 Å². The number of nitro benzene ring substituents is 2. The number of rotatable bonds is 8. The van der Waals surface area contributed by atoms with Gasteiger partial charge in [-0.05, 0) is 73.3 Å². The van der Waals surface area contributed by atoms with Gasteiger partial charge in [0.25, 0.3) is 23.2 Å². The molecule has 4 bridgehead atoms. The first-order chi connectivity index (χ1) is 17.2. The predicted octanol–water partition coefficient (Wildman–Crippen LogP) is 4.25. The van der Waals surface area contributed by atoms with Crippen molar-refractivity contribution in [3.05, 3.63) is 79.9 Å². The lowest BCUT2D eigenvalue weighted by Crippen LogP contribution is -2.58. The Balaban J connectivity index is 1.26. The van der Waals surface area contributed by atoms with E-state index in [0.29, 0.717) is 24.9 Å². The highest BCUT2D eigenvalue weighted by Gasteiger charge is 2.57. The summed E-state index contributed by atoms with van der Waals surface area (Å²) in [5.41, 5.74) is 0.195. The number of carbonyl (C=O) groups is 2. The van der Waals surface area contributed by atoms with Crippen LogP contribution in [-0.2, 0) is 0 Å². The fourth-order valence-electron chi connectivity index (χ4n) is 7.32. The van der Waals surface area contributed by atoms with Crippen LogP contribution in [0, 0.1) is 42.9 Å². The van der Waals surface area contributed by atoms with Crippen molar-refractivity contribution in [2.45, 2.75) is 38.5 Å². The van der Waals surface area contributed by atoms with Crippen LogP contribution in [0.25, 0.3) is 0 Å². The minimum absolute atomic E-state index is 0.0588. The largest absolute Gasteiger partial charge is 0.351 e. The van der Waals surface area contributed by atoms with Crippen LogP contribution in [0.1, 0.15) is 59.2 Å². The Morgan fingerprint density at radius 2 is 1.19 bits per heavy atom. The van der Waals surface area contributed by atoms with Crippen molar-refractivity contribution >= 4 is 23.2 Å². The topological polar surface area (TPSA) is 144 Å². The Labute approximate surface area is 207 Å². The molecule has 6 rings (SSSR count). The van der Waals surface area contributed by atoms with Crippen molar-refractivity contribution in [2.24, 2.45) is 22.7 Å². The van der Waals surface area contributed by atoms with Gasteiger partial charge in [0.05, 0.1) is 9.85 Å². The first kappa shape index (κ1) is 23.9. The average molecular weight is 493 g/mol. The summed E-state index contributed by atoms with van der Waals surface area (Å²) in [7, 11) is 0. The lowest BCUT2D eigenvalue weighted by molar-refractivity contribution is -0.385. The van der Waals surface area contributed by atoms with E-state index in [0.717, 1.165) is 32.1 Å². The summed E-state index contributed by atoms with van der Waals surface area (Å²) < 4.78 is 0. The van der Waals surface area contributed by atoms with Gasteiger partial charge in [0.1, 0.15) is 0 Å². The van der Waals surface area contributed by atoms with Crippen LogP contribution in [0.15, 0.2) is 48.5 Å². The molecule has 2 N–H and O–H groups in total. The normalized spacial score (nSPS) is 27.9. The summed E-state index contributed by atoms with van der Waals surface area (Å²) in [6.07, 6.45) is 6.16. The van der Waals surface area contributed by atoms with Gasteiger partial charge in [0.15, 0.2) is 0 Å². The molecule has 10 heteroatoms. The van der Waals surface area contributed by atoms with E-state index in [1.54, 1.807) is 12.1 Å². The van der Waals surface area contributed by atoms with Crippen molar-refractivity contribution in [3.8, 4) is 0 Å². The van der Waals surface area contributed by atoms with Gasteiger partial charge in [-0.15, -0.1) is 0 Å². The van der Waals surface area contributed by atoms with Gasteiger partial charge in [0.2, 0.25) is 0 Å². The maximum Gasteiger partial charge on any atom is 0.270 e. The third-order valence-electron chi connectivity index (χ3n) is 8.19. The Bertz CT molecular complexity index is 1140. The summed E-state index contributed by atoms with van der Waals surface area (Å²) in [4.78, 5) is 46.7. The molecular formula is C26H28N4O6. The third-order valence-corrected chi connectivity index (χ3v) is 8.19. The van der Waals surface area contributed by atoms with Gasteiger partial charge in [-0.25, -0.2) is 0 Å². The molecule has 0 saturated heterocycles. The quantitative estimate of drug-likeness (QED) is 0.416. The lowest BCUT2D eigenvalue weighted by atomic mass is 9.44. The molecule has 0 heterocycles. The second-order valence-electron chi connectivity index (χ2n) is 10.9. The molecule has 0 radical (unpaired) electrons. The number of hydrogen-bond acceptors (Lipinski definition) is 6. The van der Waals surface area contributed by atoms with Crippen LogP contribution >= 0.6 is 0 Å². The van der Waals surface area contributed by atoms with Crippen LogP contribution < -0.4 is 10.6 Å². The minimum Gasteiger partial charge on any atom is -0.351 e. The van der Waals surface area contributed by atoms with Crippen molar-refractivity contribution in [1.82, 2.24) is 10.6 Å². The SMILES string of the molecule is O=C(NCC12CC3CC(C1)CC(CNC(=O)c1cccc([N+](=O)[O-])c1)(C3)C2)c1cccc([N+](=O)[O-])c1. The highest BCUT2D eigenvalue weighted by molar-refractivity contribution is 5.95. The Kier molecular flexibility index (Phi) is 5.97. The molecule has 0 aromatic heterocycles. The van der Waals surface area contributed by atoms with Gasteiger partial charge >= 0.3 is 0 Å². The first-order valence-electron chi connectivity index (χ1n) is 12.2. The number of carbonyl (C=O) groups excluding carboxylic acids is 2. The Hall–Kier alpha value is -3.82. The molecule has 0 aliphatic heterocycles. The van der Waals surface area contributed by atoms with E-state index in [2.05, 4.69) is 10.6 Å². The van der Waals surface area contributed by atoms with Gasteiger partial charge in [0, 0.05) is 48.5 Å². The van der Waals surface area contributed by atoms with Crippen LogP contribution in [-0.4, -0.2) is 34.8 Å². The molecule has 4 aliphatic rings. The maximum absolute atomic E-state index is 12.8. The molecule has 0 atom stereocenters. The smallest absolute Gasteiger partial charge is 0.270 e. The monoisotopic (exact) mass is 492 g/mol. The number of nitrogens with one attached hydrogen (secondary N) is 2. The molecule has 4 fully saturated rings. The summed E-state index contributed by atoms with van der Waals surface area (Å²) in [5, 5.41) is 28.2. The third kappa shape index (κ3) is 4.67. The molecule has 2 aromatic rings. The highest BCUT2D eigenvalue weighted by Crippen LogP contribution is 2.64. The molecule has 4 saturated carbocycles. The zero-order chi connectivity index (χ0) is 25.5. The number of benzene rings is 2. The van der Waals surface area contributed by atoms with Crippen LogP contribution in [0.4, 0.5) is 11.4 Å². The number of non-ortho nitro benzene ring substituents is 2. The molecular weight excluding hydrogens is 464 g/mol. The maximum atomic E-state index is 12.8. The van der Waals surface area contributed by atoms with Crippen molar-refractivity contribution < 1.29 is 19.4 Å². The van der Waals surface area contributed by atoms with Crippen molar-refractivity contribution in [1.29, 1.82) is 0 Å². The van der Waals surface area contributed by atoms with Crippen LogP contribution in [0.5, 0.6) is 0 Å². The molecule has 4 aliphatic carbocycles. The van der Waals surface area contributed by atoms with E-state index < -0.39 is 9.85 Å². The van der Waals surface area contributed by atoms with E-state index in [4.69, 9.17) is 0 Å². The van der Waals surface area contributed by atoms with Crippen molar-refractivity contribution in [3.63, 3.8) is 0 Å². The summed E-state index contributed by atoms with van der Waals surface area (Å²) in [5.74, 6) is 0.441. The van der Waals surface area contributed by atoms with E-state index >= 15 is 0 Å². The minimum atomic E-state index is -0.512. The Morgan fingerprint density at radius 1 is 0.778 bits per heavy atom. The van der Waals surface area contributed by atoms with E-state index in [1.165, 1.54) is 42.8 Å². The second-order valence-corrected chi connectivity index (χ2v) is 10.9. The summed E-state index contributed by atoms with van der Waals surface area (Å²) in [6.45, 7) is 1.00. The fourth-order valence-corrected chi connectivity index (χ4v) is 7.32. The number of amides is 2. The highest BCUT2D eigenvalue weighted by atomic mass is 16.6. The molecule has 188 valence electrons. The molecule has 0 spiro atoms. The van der Waals surface area contributed by atoms with Crippen LogP contribution in [0.3, 0.4) is 0 Å². The second kappa shape index (κ2) is 9.00. The van der Waals surface area contributed by atoms with E-state index in [-0.39, 0.29) is 45.1 Å². The summed E-state index contributed by atoms with van der Waals surface area (Å²) in [6, 6.07) is 11.5. The van der Waals surface area contributed by atoms with Gasteiger partial charge < -0.3 is 10.6 Å². The number of nitrogens with zero attached hydrogens (tertiary/aromatic N) is 2. The number of nitro groups is 2. The van der Waals surface area contributed by atoms with Gasteiger partial charge in [-0.3, -0.25) is 29.8 Å². The van der Waals surface area contributed by atoms with Gasteiger partial charge in [-0.2, -0.15) is 0 Å². The number of hydrogen-bond donors (Lipinski definition) is 2. The zero-order valence-electron chi connectivity index (χ0n) is 19.8. The molecule has 36 heavy (non-hydrogen) atoms. The molecule has 0 unspecified atom stereocenters. The van der Waals surface area contributed by atoms with Crippen LogP contribution in [0.2, 0.25) is 0 Å². The molecule has 2 aromatic carbocycles. The van der Waals surface area contributed by atoms with Crippen molar-refractivity contribution in [2.75, 3.05) is 13.1 Å².